The zero-order valence-corrected chi connectivity index (χ0v) is 14.9. The molecule has 0 unspecified atom stereocenters. The Balaban J connectivity index is 0.00000242. The molecule has 0 spiro atoms. The number of furan rings is 1. The van der Waals surface area contributed by atoms with Gasteiger partial charge in [-0.25, -0.2) is 4.98 Å². The minimum Gasteiger partial charge on any atom is -0.459 e. The van der Waals surface area contributed by atoms with Crippen molar-refractivity contribution in [3.05, 3.63) is 29.0 Å². The summed E-state index contributed by atoms with van der Waals surface area (Å²) >= 11 is 1.41. The second-order valence-electron chi connectivity index (χ2n) is 5.98. The number of amides is 1. The molecule has 122 valence electrons. The van der Waals surface area contributed by atoms with Crippen molar-refractivity contribution in [1.82, 2.24) is 9.88 Å². The van der Waals surface area contributed by atoms with Crippen LogP contribution in [0, 0.1) is 12.3 Å². The van der Waals surface area contributed by atoms with Crippen LogP contribution in [0.15, 0.2) is 21.9 Å². The van der Waals surface area contributed by atoms with Gasteiger partial charge in [-0.3, -0.25) is 4.79 Å². The van der Waals surface area contributed by atoms with E-state index in [4.69, 9.17) is 10.2 Å². The van der Waals surface area contributed by atoms with Crippen LogP contribution >= 0.6 is 23.7 Å². The fourth-order valence-electron chi connectivity index (χ4n) is 2.01. The molecule has 0 saturated carbocycles. The van der Waals surface area contributed by atoms with Gasteiger partial charge in [0.15, 0.2) is 10.8 Å². The number of carbonyl (C=O) groups excluding carboxylic acids is 1. The average molecular weight is 344 g/mol. The van der Waals surface area contributed by atoms with E-state index in [9.17, 15) is 4.79 Å². The molecule has 1 amide bonds. The molecule has 2 N–H and O–H groups in total. The van der Waals surface area contributed by atoms with Gasteiger partial charge in [-0.15, -0.1) is 23.7 Å². The predicted octanol–water partition coefficient (Wildman–Crippen LogP) is 3.19. The largest absolute Gasteiger partial charge is 0.459 e. The summed E-state index contributed by atoms with van der Waals surface area (Å²) < 4.78 is 5.53. The third-order valence-electron chi connectivity index (χ3n) is 3.24. The maximum Gasteiger partial charge on any atom is 0.273 e. The molecule has 0 radical (unpaired) electrons. The van der Waals surface area contributed by atoms with Gasteiger partial charge in [0.1, 0.15) is 11.5 Å². The lowest BCUT2D eigenvalue weighted by Gasteiger charge is -2.28. The zero-order valence-electron chi connectivity index (χ0n) is 13.3. The summed E-state index contributed by atoms with van der Waals surface area (Å²) in [5.74, 6) is 1.43. The lowest BCUT2D eigenvalue weighted by Crippen LogP contribution is -2.39. The molecular weight excluding hydrogens is 322 g/mol. The Bertz CT molecular complexity index is 636. The first-order valence-electron chi connectivity index (χ1n) is 6.80. The number of rotatable bonds is 5. The van der Waals surface area contributed by atoms with Gasteiger partial charge in [0.2, 0.25) is 0 Å². The van der Waals surface area contributed by atoms with Crippen LogP contribution in [0.5, 0.6) is 0 Å². The lowest BCUT2D eigenvalue weighted by molar-refractivity contribution is 0.0735. The van der Waals surface area contributed by atoms with E-state index >= 15 is 0 Å². The fraction of sp³-hybridized carbons (Fsp3) is 0.467. The lowest BCUT2D eigenvalue weighted by atomic mass is 9.93. The maximum absolute atomic E-state index is 12.4. The number of hydrogen-bond donors (Lipinski definition) is 1. The van der Waals surface area contributed by atoms with Crippen LogP contribution in [0.1, 0.15) is 30.1 Å². The first-order valence-corrected chi connectivity index (χ1v) is 7.68. The van der Waals surface area contributed by atoms with Crippen molar-refractivity contribution in [3.8, 4) is 10.8 Å². The van der Waals surface area contributed by atoms with Gasteiger partial charge in [-0.1, -0.05) is 13.8 Å². The molecule has 2 aromatic heterocycles. The van der Waals surface area contributed by atoms with E-state index in [0.717, 1.165) is 10.8 Å². The second kappa shape index (κ2) is 7.26. The summed E-state index contributed by atoms with van der Waals surface area (Å²) in [5.41, 5.74) is 6.05. The predicted molar refractivity (Wildman–Crippen MR) is 91.6 cm³/mol. The highest BCUT2D eigenvalue weighted by molar-refractivity contribution is 7.13. The summed E-state index contributed by atoms with van der Waals surface area (Å²) in [5, 5.41) is 2.49. The first-order chi connectivity index (χ1) is 9.82. The number of thiazole rings is 1. The Hall–Kier alpha value is -1.37. The summed E-state index contributed by atoms with van der Waals surface area (Å²) in [7, 11) is 1.77. The number of hydrogen-bond acceptors (Lipinski definition) is 5. The smallest absolute Gasteiger partial charge is 0.273 e. The van der Waals surface area contributed by atoms with E-state index in [2.05, 4.69) is 4.98 Å². The van der Waals surface area contributed by atoms with Crippen molar-refractivity contribution in [3.63, 3.8) is 0 Å². The molecule has 2 heterocycles. The van der Waals surface area contributed by atoms with Crippen molar-refractivity contribution in [2.24, 2.45) is 11.1 Å². The molecule has 0 aromatic carbocycles. The number of carbonyl (C=O) groups is 1. The highest BCUT2D eigenvalue weighted by Crippen LogP contribution is 2.26. The van der Waals surface area contributed by atoms with Crippen LogP contribution in [-0.4, -0.2) is 35.9 Å². The molecule has 0 aliphatic heterocycles. The summed E-state index contributed by atoms with van der Waals surface area (Å²) in [6, 6.07) is 3.75. The van der Waals surface area contributed by atoms with Gasteiger partial charge in [0.25, 0.3) is 5.91 Å². The molecule has 0 aliphatic rings. The van der Waals surface area contributed by atoms with Crippen LogP contribution in [0.4, 0.5) is 0 Å². The van der Waals surface area contributed by atoms with Crippen molar-refractivity contribution >= 4 is 29.7 Å². The highest BCUT2D eigenvalue weighted by Gasteiger charge is 2.23. The summed E-state index contributed by atoms with van der Waals surface area (Å²) in [4.78, 5) is 18.4. The van der Waals surface area contributed by atoms with E-state index in [0.29, 0.717) is 24.5 Å². The van der Waals surface area contributed by atoms with Crippen LogP contribution in [0.25, 0.3) is 10.8 Å². The standard InChI is InChI=1S/C15H21N3O2S.ClH/c1-10-5-6-12(20-10)13-17-11(7-21-13)14(19)18(4)9-15(2,3)8-16;/h5-7H,8-9,16H2,1-4H3;1H. The zero-order chi connectivity index (χ0) is 15.6. The van der Waals surface area contributed by atoms with E-state index in [1.54, 1.807) is 17.3 Å². The van der Waals surface area contributed by atoms with Crippen molar-refractivity contribution < 1.29 is 9.21 Å². The summed E-state index contributed by atoms with van der Waals surface area (Å²) in [6.45, 7) is 7.07. The maximum atomic E-state index is 12.4. The van der Waals surface area contributed by atoms with Crippen LogP contribution in [0.3, 0.4) is 0 Å². The van der Waals surface area contributed by atoms with E-state index in [-0.39, 0.29) is 23.7 Å². The first kappa shape index (κ1) is 18.7. The van der Waals surface area contributed by atoms with Crippen LogP contribution in [-0.2, 0) is 0 Å². The average Bonchev–Trinajstić information content (AvgIpc) is 3.05. The Kier molecular flexibility index (Phi) is 6.17. The Labute approximate surface area is 140 Å². The van der Waals surface area contributed by atoms with E-state index in [1.165, 1.54) is 11.3 Å². The third-order valence-corrected chi connectivity index (χ3v) is 4.10. The third kappa shape index (κ3) is 4.32. The van der Waals surface area contributed by atoms with Crippen molar-refractivity contribution in [1.29, 1.82) is 0 Å². The van der Waals surface area contributed by atoms with Crippen molar-refractivity contribution in [2.45, 2.75) is 20.8 Å². The second-order valence-corrected chi connectivity index (χ2v) is 6.84. The molecular formula is C15H22ClN3O2S. The monoisotopic (exact) mass is 343 g/mol. The van der Waals surface area contributed by atoms with Gasteiger partial charge in [-0.2, -0.15) is 0 Å². The Morgan fingerprint density at radius 3 is 2.68 bits per heavy atom. The number of nitrogens with two attached hydrogens (primary N) is 1. The molecule has 0 aliphatic carbocycles. The van der Waals surface area contributed by atoms with Gasteiger partial charge < -0.3 is 15.1 Å². The summed E-state index contributed by atoms with van der Waals surface area (Å²) in [6.07, 6.45) is 0. The van der Waals surface area contributed by atoms with Crippen LogP contribution in [0.2, 0.25) is 0 Å². The number of nitrogens with zero attached hydrogens (tertiary/aromatic N) is 2. The molecule has 22 heavy (non-hydrogen) atoms. The fourth-order valence-corrected chi connectivity index (χ4v) is 2.76. The molecule has 0 bridgehead atoms. The molecule has 0 saturated heterocycles. The number of aromatic nitrogens is 1. The molecule has 0 fully saturated rings. The SMILES string of the molecule is Cc1ccc(-c2nc(C(=O)N(C)CC(C)(C)CN)cs2)o1.Cl. The molecule has 2 rings (SSSR count). The Morgan fingerprint density at radius 1 is 1.45 bits per heavy atom. The minimum absolute atomic E-state index is 0. The normalized spacial score (nSPS) is 11.1. The quantitative estimate of drug-likeness (QED) is 0.904. The van der Waals surface area contributed by atoms with E-state index < -0.39 is 0 Å². The van der Waals surface area contributed by atoms with E-state index in [1.807, 2.05) is 32.9 Å². The molecule has 7 heteroatoms. The highest BCUT2D eigenvalue weighted by atomic mass is 35.5. The Morgan fingerprint density at radius 2 is 2.14 bits per heavy atom. The number of halogens is 1. The molecule has 5 nitrogen and oxygen atoms in total. The number of aryl methyl sites for hydroxylation is 1. The molecule has 0 atom stereocenters. The topological polar surface area (TPSA) is 72.4 Å². The van der Waals surface area contributed by atoms with Crippen molar-refractivity contribution in [2.75, 3.05) is 20.1 Å². The minimum atomic E-state index is -0.110. The van der Waals surface area contributed by atoms with Gasteiger partial charge >= 0.3 is 0 Å². The van der Waals surface area contributed by atoms with Crippen LogP contribution < -0.4 is 5.73 Å². The van der Waals surface area contributed by atoms with Gasteiger partial charge in [0, 0.05) is 19.0 Å². The molecule has 2 aromatic rings. The van der Waals surface area contributed by atoms with Gasteiger partial charge in [-0.05, 0) is 31.0 Å². The van der Waals surface area contributed by atoms with Gasteiger partial charge in [0.05, 0.1) is 0 Å².